The van der Waals surface area contributed by atoms with Crippen LogP contribution in [-0.4, -0.2) is 35.4 Å². The van der Waals surface area contributed by atoms with Crippen molar-refractivity contribution in [2.24, 2.45) is 0 Å². The number of nitrogens with one attached hydrogen (secondary N) is 2. The van der Waals surface area contributed by atoms with Crippen molar-refractivity contribution in [3.8, 4) is 11.4 Å². The Bertz CT molecular complexity index is 1020. The molecule has 0 spiro atoms. The zero-order chi connectivity index (χ0) is 22.4. The maximum atomic E-state index is 13.4. The van der Waals surface area contributed by atoms with E-state index in [2.05, 4.69) is 15.7 Å². The van der Waals surface area contributed by atoms with Gasteiger partial charge in [-0.15, -0.1) is 0 Å². The molecule has 1 heterocycles. The molecule has 0 bridgehead atoms. The molecule has 0 aliphatic heterocycles. The SMILES string of the molecule is CCOc1ccc(NCCNC(=O)c2cn(-c3ccc(F)cc3)nc2C(F)(F)F)cc1. The lowest BCUT2D eigenvalue weighted by atomic mass is 10.2. The van der Waals surface area contributed by atoms with E-state index < -0.39 is 29.2 Å². The average Bonchev–Trinajstić information content (AvgIpc) is 3.19. The second-order valence-electron chi connectivity index (χ2n) is 6.45. The van der Waals surface area contributed by atoms with E-state index in [0.717, 1.165) is 34.4 Å². The number of rotatable bonds is 8. The maximum absolute atomic E-state index is 13.4. The zero-order valence-electron chi connectivity index (χ0n) is 16.5. The Morgan fingerprint density at radius 2 is 1.74 bits per heavy atom. The molecule has 3 aromatic rings. The number of alkyl halides is 3. The standard InChI is InChI=1S/C21H20F4N4O2/c1-2-31-17-9-5-15(6-10-17)26-11-12-27-20(30)18-13-29(28-19(18)21(23,24)25)16-7-3-14(22)4-8-16/h3-10,13,26H,2,11-12H2,1H3,(H,27,30). The summed E-state index contributed by atoms with van der Waals surface area (Å²) >= 11 is 0. The third-order valence-corrected chi connectivity index (χ3v) is 4.22. The van der Waals surface area contributed by atoms with E-state index in [-0.39, 0.29) is 12.2 Å². The fourth-order valence-corrected chi connectivity index (χ4v) is 2.79. The lowest BCUT2D eigenvalue weighted by Gasteiger charge is -2.10. The van der Waals surface area contributed by atoms with Gasteiger partial charge in [0, 0.05) is 25.0 Å². The molecule has 0 unspecified atom stereocenters. The lowest BCUT2D eigenvalue weighted by Crippen LogP contribution is -2.30. The van der Waals surface area contributed by atoms with Gasteiger partial charge in [-0.3, -0.25) is 4.79 Å². The highest BCUT2D eigenvalue weighted by Gasteiger charge is 2.39. The predicted molar refractivity (Wildman–Crippen MR) is 107 cm³/mol. The Morgan fingerprint density at radius 1 is 1.06 bits per heavy atom. The second-order valence-corrected chi connectivity index (χ2v) is 6.45. The number of halogens is 4. The van der Waals surface area contributed by atoms with Crippen LogP contribution in [0.15, 0.2) is 54.7 Å². The molecule has 0 radical (unpaired) electrons. The van der Waals surface area contributed by atoms with Gasteiger partial charge in [0.05, 0.1) is 17.9 Å². The molecule has 10 heteroatoms. The van der Waals surface area contributed by atoms with Gasteiger partial charge in [-0.05, 0) is 55.5 Å². The lowest BCUT2D eigenvalue weighted by molar-refractivity contribution is -0.141. The van der Waals surface area contributed by atoms with E-state index in [9.17, 15) is 22.4 Å². The van der Waals surface area contributed by atoms with Crippen LogP contribution in [0.3, 0.4) is 0 Å². The molecule has 0 aliphatic carbocycles. The van der Waals surface area contributed by atoms with Crippen LogP contribution in [0, 0.1) is 5.82 Å². The first-order valence-electron chi connectivity index (χ1n) is 9.45. The van der Waals surface area contributed by atoms with Crippen LogP contribution < -0.4 is 15.4 Å². The summed E-state index contributed by atoms with van der Waals surface area (Å²) in [6.07, 6.45) is -3.84. The number of carbonyl (C=O) groups is 1. The van der Waals surface area contributed by atoms with Crippen LogP contribution in [0.2, 0.25) is 0 Å². The molecule has 164 valence electrons. The minimum absolute atomic E-state index is 0.0884. The number of hydrogen-bond donors (Lipinski definition) is 2. The second kappa shape index (κ2) is 9.50. The minimum Gasteiger partial charge on any atom is -0.494 e. The quantitative estimate of drug-likeness (QED) is 0.409. The average molecular weight is 436 g/mol. The molecule has 31 heavy (non-hydrogen) atoms. The molecule has 0 aliphatic rings. The fraction of sp³-hybridized carbons (Fsp3) is 0.238. The van der Waals surface area contributed by atoms with E-state index in [1.807, 2.05) is 6.92 Å². The number of ether oxygens (including phenoxy) is 1. The fourth-order valence-electron chi connectivity index (χ4n) is 2.79. The van der Waals surface area contributed by atoms with E-state index >= 15 is 0 Å². The normalized spacial score (nSPS) is 11.3. The smallest absolute Gasteiger partial charge is 0.435 e. The number of anilines is 1. The summed E-state index contributed by atoms with van der Waals surface area (Å²) < 4.78 is 59.4. The number of benzene rings is 2. The predicted octanol–water partition coefficient (Wildman–Crippen LogP) is 4.27. The summed E-state index contributed by atoms with van der Waals surface area (Å²) in [4.78, 5) is 12.4. The van der Waals surface area contributed by atoms with Crippen molar-refractivity contribution in [2.75, 3.05) is 25.0 Å². The monoisotopic (exact) mass is 436 g/mol. The summed E-state index contributed by atoms with van der Waals surface area (Å²) in [5, 5.41) is 8.98. The Hall–Kier alpha value is -3.56. The van der Waals surface area contributed by atoms with Crippen molar-refractivity contribution in [3.63, 3.8) is 0 Å². The largest absolute Gasteiger partial charge is 0.494 e. The first-order chi connectivity index (χ1) is 14.8. The molecule has 1 amide bonds. The van der Waals surface area contributed by atoms with Crippen LogP contribution >= 0.6 is 0 Å². The molecule has 0 fully saturated rings. The van der Waals surface area contributed by atoms with Gasteiger partial charge in [-0.2, -0.15) is 18.3 Å². The molecule has 2 N–H and O–H groups in total. The number of amides is 1. The minimum atomic E-state index is -4.82. The number of carbonyl (C=O) groups excluding carboxylic acids is 1. The van der Waals surface area contributed by atoms with Gasteiger partial charge in [0.1, 0.15) is 11.6 Å². The Labute approximate surface area is 175 Å². The topological polar surface area (TPSA) is 68.2 Å². The molecule has 1 aromatic heterocycles. The van der Waals surface area contributed by atoms with Crippen LogP contribution in [0.4, 0.5) is 23.2 Å². The van der Waals surface area contributed by atoms with Crippen LogP contribution in [0.5, 0.6) is 5.75 Å². The van der Waals surface area contributed by atoms with Crippen molar-refractivity contribution in [1.82, 2.24) is 15.1 Å². The summed E-state index contributed by atoms with van der Waals surface area (Å²) in [7, 11) is 0. The van der Waals surface area contributed by atoms with Crippen LogP contribution in [-0.2, 0) is 6.18 Å². The molecule has 0 saturated carbocycles. The van der Waals surface area contributed by atoms with E-state index in [1.54, 1.807) is 24.3 Å². The van der Waals surface area contributed by atoms with E-state index in [1.165, 1.54) is 12.1 Å². The highest BCUT2D eigenvalue weighted by Crippen LogP contribution is 2.31. The highest BCUT2D eigenvalue weighted by molar-refractivity contribution is 5.95. The summed E-state index contributed by atoms with van der Waals surface area (Å²) in [6.45, 7) is 2.82. The van der Waals surface area contributed by atoms with Crippen molar-refractivity contribution >= 4 is 11.6 Å². The third-order valence-electron chi connectivity index (χ3n) is 4.22. The molecule has 3 rings (SSSR count). The van der Waals surface area contributed by atoms with Crippen molar-refractivity contribution in [1.29, 1.82) is 0 Å². The van der Waals surface area contributed by atoms with Gasteiger partial charge in [-0.25, -0.2) is 9.07 Å². The van der Waals surface area contributed by atoms with Gasteiger partial charge in [0.15, 0.2) is 5.69 Å². The van der Waals surface area contributed by atoms with Gasteiger partial charge < -0.3 is 15.4 Å². The zero-order valence-corrected chi connectivity index (χ0v) is 16.5. The summed E-state index contributed by atoms with van der Waals surface area (Å²) in [5.74, 6) is -0.724. The van der Waals surface area contributed by atoms with Gasteiger partial charge in [0.25, 0.3) is 5.91 Å². The van der Waals surface area contributed by atoms with Gasteiger partial charge >= 0.3 is 6.18 Å². The number of aromatic nitrogens is 2. The first kappa shape index (κ1) is 22.1. The molecule has 6 nitrogen and oxygen atoms in total. The molecule has 2 aromatic carbocycles. The third kappa shape index (κ3) is 5.74. The Morgan fingerprint density at radius 3 is 2.35 bits per heavy atom. The first-order valence-corrected chi connectivity index (χ1v) is 9.45. The van der Waals surface area contributed by atoms with Crippen LogP contribution in [0.25, 0.3) is 5.69 Å². The van der Waals surface area contributed by atoms with Gasteiger partial charge in [0.2, 0.25) is 0 Å². The summed E-state index contributed by atoms with van der Waals surface area (Å²) in [6, 6.07) is 11.9. The summed E-state index contributed by atoms with van der Waals surface area (Å²) in [5.41, 5.74) is -0.951. The maximum Gasteiger partial charge on any atom is 0.435 e. The van der Waals surface area contributed by atoms with Crippen molar-refractivity contribution < 1.29 is 27.1 Å². The molecule has 0 saturated heterocycles. The highest BCUT2D eigenvalue weighted by atomic mass is 19.4. The Kier molecular flexibility index (Phi) is 6.78. The van der Waals surface area contributed by atoms with E-state index in [0.29, 0.717) is 13.2 Å². The molecule has 0 atom stereocenters. The van der Waals surface area contributed by atoms with Crippen molar-refractivity contribution in [3.05, 3.63) is 71.8 Å². The number of nitrogens with zero attached hydrogens (tertiary/aromatic N) is 2. The number of hydrogen-bond acceptors (Lipinski definition) is 4. The Balaban J connectivity index is 1.64. The molecular formula is C21H20F4N4O2. The molecular weight excluding hydrogens is 416 g/mol. The van der Waals surface area contributed by atoms with E-state index in [4.69, 9.17) is 4.74 Å². The van der Waals surface area contributed by atoms with Crippen molar-refractivity contribution in [2.45, 2.75) is 13.1 Å². The van der Waals surface area contributed by atoms with Crippen LogP contribution in [0.1, 0.15) is 23.0 Å². The van der Waals surface area contributed by atoms with Gasteiger partial charge in [-0.1, -0.05) is 0 Å².